The summed E-state index contributed by atoms with van der Waals surface area (Å²) in [5.41, 5.74) is 4.79. The molecule has 0 aliphatic rings. The van der Waals surface area contributed by atoms with Crippen molar-refractivity contribution < 1.29 is 4.79 Å². The maximum Gasteiger partial charge on any atom is 0.248 e. The van der Waals surface area contributed by atoms with Gasteiger partial charge in [0.25, 0.3) is 0 Å². The normalized spacial score (nSPS) is 11.2. The zero-order valence-electron chi connectivity index (χ0n) is 16.6. The molecule has 0 bridgehead atoms. The molecule has 3 aromatic rings. The van der Waals surface area contributed by atoms with Gasteiger partial charge >= 0.3 is 0 Å². The molecule has 29 heavy (non-hydrogen) atoms. The minimum absolute atomic E-state index is 0.186. The van der Waals surface area contributed by atoms with Crippen LogP contribution in [0.25, 0.3) is 17.2 Å². The summed E-state index contributed by atoms with van der Waals surface area (Å²) in [5, 5.41) is 3.57. The Kier molecular flexibility index (Phi) is 7.17. The van der Waals surface area contributed by atoms with Gasteiger partial charge in [0, 0.05) is 35.1 Å². The Bertz CT molecular complexity index is 963. The second-order valence-electron chi connectivity index (χ2n) is 7.05. The van der Waals surface area contributed by atoms with Crippen molar-refractivity contribution in [1.29, 1.82) is 0 Å². The molecule has 1 amide bonds. The van der Waals surface area contributed by atoms with Crippen LogP contribution in [0.1, 0.15) is 11.3 Å². The van der Waals surface area contributed by atoms with Crippen LogP contribution in [-0.4, -0.2) is 36.4 Å². The van der Waals surface area contributed by atoms with E-state index in [0.717, 1.165) is 35.5 Å². The summed E-state index contributed by atoms with van der Waals surface area (Å²) in [4.78, 5) is 18.7. The Morgan fingerprint density at radius 2 is 1.69 bits per heavy atom. The lowest BCUT2D eigenvalue weighted by Crippen LogP contribution is -2.15. The van der Waals surface area contributed by atoms with Crippen molar-refractivity contribution in [3.63, 3.8) is 0 Å². The molecule has 0 saturated heterocycles. The molecule has 0 atom stereocenters. The van der Waals surface area contributed by atoms with Gasteiger partial charge in [-0.1, -0.05) is 41.9 Å². The van der Waals surface area contributed by atoms with Crippen LogP contribution in [-0.2, 0) is 11.2 Å². The number of amides is 1. The SMILES string of the molecule is CN(C)CCc1ccc(NC(=O)C=Cc2ccc(-c3ccc(Cl)cc3)cn2)cc1. The fraction of sp³-hybridized carbons (Fsp3) is 0.167. The molecular formula is C24H24ClN3O. The molecule has 0 fully saturated rings. The minimum Gasteiger partial charge on any atom is -0.323 e. The molecule has 1 heterocycles. The van der Waals surface area contributed by atoms with Gasteiger partial charge in [-0.2, -0.15) is 0 Å². The van der Waals surface area contributed by atoms with E-state index in [9.17, 15) is 4.79 Å². The van der Waals surface area contributed by atoms with Gasteiger partial charge in [0.1, 0.15) is 0 Å². The molecule has 0 unspecified atom stereocenters. The Hall–Kier alpha value is -2.95. The zero-order valence-corrected chi connectivity index (χ0v) is 17.4. The number of halogens is 1. The van der Waals surface area contributed by atoms with Gasteiger partial charge in [0.05, 0.1) is 5.69 Å². The molecule has 0 aliphatic carbocycles. The summed E-state index contributed by atoms with van der Waals surface area (Å²) in [6, 6.07) is 19.4. The number of nitrogens with one attached hydrogen (secondary N) is 1. The smallest absolute Gasteiger partial charge is 0.248 e. The standard InChI is InChI=1S/C24H24ClN3O/c1-28(2)16-15-18-3-10-23(11-4-18)27-24(29)14-13-22-12-7-20(17-26-22)19-5-8-21(25)9-6-19/h3-14,17H,15-16H2,1-2H3,(H,27,29). The van der Waals surface area contributed by atoms with Crippen LogP contribution in [0, 0.1) is 0 Å². The first-order chi connectivity index (χ1) is 14.0. The van der Waals surface area contributed by atoms with Crippen molar-refractivity contribution in [2.75, 3.05) is 26.0 Å². The van der Waals surface area contributed by atoms with Gasteiger partial charge in [-0.05, 0) is 68.1 Å². The molecule has 1 aromatic heterocycles. The summed E-state index contributed by atoms with van der Waals surface area (Å²) < 4.78 is 0. The molecule has 1 N–H and O–H groups in total. The predicted octanol–water partition coefficient (Wildman–Crippen LogP) is 5.16. The van der Waals surface area contributed by atoms with Crippen LogP contribution < -0.4 is 5.32 Å². The lowest BCUT2D eigenvalue weighted by molar-refractivity contribution is -0.111. The number of aromatic nitrogens is 1. The van der Waals surface area contributed by atoms with Gasteiger partial charge in [0.2, 0.25) is 5.91 Å². The number of rotatable bonds is 7. The highest BCUT2D eigenvalue weighted by atomic mass is 35.5. The number of carbonyl (C=O) groups excluding carboxylic acids is 1. The highest BCUT2D eigenvalue weighted by molar-refractivity contribution is 6.30. The van der Waals surface area contributed by atoms with E-state index in [1.54, 1.807) is 12.3 Å². The quantitative estimate of drug-likeness (QED) is 0.552. The van der Waals surface area contributed by atoms with E-state index in [-0.39, 0.29) is 5.91 Å². The van der Waals surface area contributed by atoms with E-state index in [4.69, 9.17) is 11.6 Å². The molecule has 0 saturated carbocycles. The van der Waals surface area contributed by atoms with E-state index < -0.39 is 0 Å². The van der Waals surface area contributed by atoms with Crippen molar-refractivity contribution in [2.45, 2.75) is 6.42 Å². The van der Waals surface area contributed by atoms with E-state index in [1.807, 2.05) is 60.7 Å². The fourth-order valence-corrected chi connectivity index (χ4v) is 2.90. The molecule has 148 valence electrons. The monoisotopic (exact) mass is 405 g/mol. The number of hydrogen-bond donors (Lipinski definition) is 1. The topological polar surface area (TPSA) is 45.2 Å². The number of anilines is 1. The lowest BCUT2D eigenvalue weighted by Gasteiger charge is -2.09. The highest BCUT2D eigenvalue weighted by Crippen LogP contribution is 2.21. The van der Waals surface area contributed by atoms with Crippen molar-refractivity contribution in [3.8, 4) is 11.1 Å². The molecule has 4 nitrogen and oxygen atoms in total. The molecule has 0 radical (unpaired) electrons. The zero-order chi connectivity index (χ0) is 20.6. The Morgan fingerprint density at radius 3 is 2.31 bits per heavy atom. The van der Waals surface area contributed by atoms with E-state index in [0.29, 0.717) is 5.02 Å². The second kappa shape index (κ2) is 10.0. The highest BCUT2D eigenvalue weighted by Gasteiger charge is 2.01. The first-order valence-corrected chi connectivity index (χ1v) is 9.82. The Balaban J connectivity index is 1.55. The van der Waals surface area contributed by atoms with Crippen LogP contribution in [0.5, 0.6) is 0 Å². The third kappa shape index (κ3) is 6.56. The van der Waals surface area contributed by atoms with Crippen LogP contribution in [0.2, 0.25) is 5.02 Å². The number of nitrogens with zero attached hydrogens (tertiary/aromatic N) is 2. The molecule has 0 spiro atoms. The van der Waals surface area contributed by atoms with Gasteiger partial charge in [-0.15, -0.1) is 0 Å². The maximum atomic E-state index is 12.2. The van der Waals surface area contributed by atoms with Crippen LogP contribution in [0.3, 0.4) is 0 Å². The van der Waals surface area contributed by atoms with Gasteiger partial charge in [0.15, 0.2) is 0 Å². The summed E-state index contributed by atoms with van der Waals surface area (Å²) in [6.07, 6.45) is 5.96. The first kappa shape index (κ1) is 20.8. The van der Waals surface area contributed by atoms with Crippen molar-refractivity contribution in [2.24, 2.45) is 0 Å². The number of benzene rings is 2. The van der Waals surface area contributed by atoms with E-state index >= 15 is 0 Å². The predicted molar refractivity (Wildman–Crippen MR) is 121 cm³/mol. The molecule has 5 heteroatoms. The Morgan fingerprint density at radius 1 is 1.00 bits per heavy atom. The van der Waals surface area contributed by atoms with Crippen LogP contribution >= 0.6 is 11.6 Å². The maximum absolute atomic E-state index is 12.2. The molecule has 3 rings (SSSR count). The van der Waals surface area contributed by atoms with Gasteiger partial charge in [-0.3, -0.25) is 9.78 Å². The fourth-order valence-electron chi connectivity index (χ4n) is 2.77. The largest absolute Gasteiger partial charge is 0.323 e. The average molecular weight is 406 g/mol. The van der Waals surface area contributed by atoms with Gasteiger partial charge < -0.3 is 10.2 Å². The summed E-state index contributed by atoms with van der Waals surface area (Å²) in [6.45, 7) is 0.998. The average Bonchev–Trinajstić information content (AvgIpc) is 2.73. The van der Waals surface area contributed by atoms with Crippen molar-refractivity contribution in [3.05, 3.63) is 89.2 Å². The number of carbonyl (C=O) groups is 1. The minimum atomic E-state index is -0.186. The van der Waals surface area contributed by atoms with Crippen molar-refractivity contribution >= 4 is 29.3 Å². The third-order valence-corrected chi connectivity index (χ3v) is 4.69. The molecular weight excluding hydrogens is 382 g/mol. The van der Waals surface area contributed by atoms with Gasteiger partial charge in [-0.25, -0.2) is 0 Å². The first-order valence-electron chi connectivity index (χ1n) is 9.44. The lowest BCUT2D eigenvalue weighted by atomic mass is 10.1. The van der Waals surface area contributed by atoms with E-state index in [1.165, 1.54) is 11.6 Å². The summed E-state index contributed by atoms with van der Waals surface area (Å²) in [5.74, 6) is -0.186. The number of likely N-dealkylation sites (N-methyl/N-ethyl adjacent to an activating group) is 1. The van der Waals surface area contributed by atoms with Crippen molar-refractivity contribution in [1.82, 2.24) is 9.88 Å². The van der Waals surface area contributed by atoms with E-state index in [2.05, 4.69) is 29.3 Å². The number of hydrogen-bond acceptors (Lipinski definition) is 3. The Labute approximate surface area is 176 Å². The van der Waals surface area contributed by atoms with Crippen LogP contribution in [0.4, 0.5) is 5.69 Å². The molecule has 0 aliphatic heterocycles. The summed E-state index contributed by atoms with van der Waals surface area (Å²) >= 11 is 5.92. The van der Waals surface area contributed by atoms with Crippen LogP contribution in [0.15, 0.2) is 72.9 Å². The summed E-state index contributed by atoms with van der Waals surface area (Å²) in [7, 11) is 4.11. The second-order valence-corrected chi connectivity index (χ2v) is 7.49. The number of pyridine rings is 1. The third-order valence-electron chi connectivity index (χ3n) is 4.44. The molecule has 2 aromatic carbocycles.